The van der Waals surface area contributed by atoms with Crippen LogP contribution in [0.15, 0.2) is 53.6 Å². The molecule has 5 heteroatoms. The summed E-state index contributed by atoms with van der Waals surface area (Å²) in [6.07, 6.45) is 0. The molecule has 0 atom stereocenters. The normalized spacial score (nSPS) is 11.2. The Morgan fingerprint density at radius 3 is 2.15 bits per heavy atom. The third kappa shape index (κ3) is 3.35. The van der Waals surface area contributed by atoms with Crippen LogP contribution >= 0.6 is 0 Å². The molecule has 0 saturated heterocycles. The first kappa shape index (κ1) is 13.6. The van der Waals surface area contributed by atoms with Crippen LogP contribution in [-0.4, -0.2) is 16.8 Å². The van der Waals surface area contributed by atoms with Gasteiger partial charge in [0.25, 0.3) is 0 Å². The van der Waals surface area contributed by atoms with E-state index in [1.165, 1.54) is 24.3 Å². The lowest BCUT2D eigenvalue weighted by Crippen LogP contribution is -2.01. The van der Waals surface area contributed by atoms with Gasteiger partial charge in [0.1, 0.15) is 0 Å². The van der Waals surface area contributed by atoms with Gasteiger partial charge in [-0.3, -0.25) is 5.43 Å². The summed E-state index contributed by atoms with van der Waals surface area (Å²) >= 11 is 0. The molecule has 0 aromatic heterocycles. The molecule has 2 N–H and O–H groups in total. The predicted molar refractivity (Wildman–Crippen MR) is 75.1 cm³/mol. The highest BCUT2D eigenvalue weighted by Crippen LogP contribution is 2.11. The Balaban J connectivity index is 2.08. The van der Waals surface area contributed by atoms with Crippen LogP contribution in [0.3, 0.4) is 0 Å². The second-order valence-electron chi connectivity index (χ2n) is 4.22. The number of carboxylic acids is 1. The van der Waals surface area contributed by atoms with Crippen molar-refractivity contribution in [1.29, 1.82) is 0 Å². The fourth-order valence-electron chi connectivity index (χ4n) is 1.60. The third-order valence-electron chi connectivity index (χ3n) is 2.76. The zero-order valence-corrected chi connectivity index (χ0v) is 10.8. The Labute approximate surface area is 116 Å². The average molecular weight is 269 g/mol. The minimum atomic E-state index is -0.964. The van der Waals surface area contributed by atoms with Gasteiger partial charge in [0.2, 0.25) is 0 Å². The molecule has 5 nitrogen and oxygen atoms in total. The first-order valence-corrected chi connectivity index (χ1v) is 5.97. The van der Waals surface area contributed by atoms with E-state index in [1.807, 2.05) is 6.92 Å². The summed E-state index contributed by atoms with van der Waals surface area (Å²) in [5.41, 5.74) is 5.33. The van der Waals surface area contributed by atoms with Crippen molar-refractivity contribution in [2.24, 2.45) is 5.10 Å². The van der Waals surface area contributed by atoms with Crippen LogP contribution in [0.25, 0.3) is 0 Å². The van der Waals surface area contributed by atoms with E-state index >= 15 is 0 Å². The van der Waals surface area contributed by atoms with Gasteiger partial charge in [0, 0.05) is 0 Å². The van der Waals surface area contributed by atoms with Crippen LogP contribution in [-0.2, 0) is 0 Å². The quantitative estimate of drug-likeness (QED) is 0.658. The van der Waals surface area contributed by atoms with Gasteiger partial charge in [-0.05, 0) is 36.8 Å². The zero-order chi connectivity index (χ0) is 14.5. The van der Waals surface area contributed by atoms with Gasteiger partial charge in [-0.1, -0.05) is 24.3 Å². The highest BCUT2D eigenvalue weighted by atomic mass is 16.4. The van der Waals surface area contributed by atoms with E-state index in [-0.39, 0.29) is 11.3 Å². The maximum atomic E-state index is 11.0. The van der Waals surface area contributed by atoms with Gasteiger partial charge in [0.05, 0.1) is 17.0 Å². The molecular formula is C15H13N2O3-. The number of aromatic carboxylic acids is 1. The van der Waals surface area contributed by atoms with E-state index in [2.05, 4.69) is 10.5 Å². The topological polar surface area (TPSA) is 84.8 Å². The second kappa shape index (κ2) is 5.88. The van der Waals surface area contributed by atoms with Gasteiger partial charge in [-0.25, -0.2) is 4.79 Å². The van der Waals surface area contributed by atoms with Crippen LogP contribution in [0.2, 0.25) is 0 Å². The Morgan fingerprint density at radius 2 is 1.60 bits per heavy atom. The molecular weight excluding hydrogens is 256 g/mol. The van der Waals surface area contributed by atoms with Crippen LogP contribution in [0.1, 0.15) is 22.8 Å². The molecule has 0 bridgehead atoms. The number of benzene rings is 2. The molecule has 2 rings (SSSR count). The van der Waals surface area contributed by atoms with Gasteiger partial charge in [-0.15, -0.1) is 5.75 Å². The first-order valence-electron chi connectivity index (χ1n) is 5.97. The van der Waals surface area contributed by atoms with E-state index in [0.29, 0.717) is 5.69 Å². The summed E-state index contributed by atoms with van der Waals surface area (Å²) in [6, 6.07) is 12.7. The largest absolute Gasteiger partial charge is 0.872 e. The van der Waals surface area contributed by atoms with Crippen molar-refractivity contribution in [3.05, 3.63) is 59.7 Å². The zero-order valence-electron chi connectivity index (χ0n) is 10.8. The molecule has 0 spiro atoms. The summed E-state index contributed by atoms with van der Waals surface area (Å²) in [7, 11) is 0. The lowest BCUT2D eigenvalue weighted by molar-refractivity contribution is -0.268. The lowest BCUT2D eigenvalue weighted by atomic mass is 10.1. The van der Waals surface area contributed by atoms with Crippen LogP contribution in [0.5, 0.6) is 5.75 Å². The molecule has 0 aliphatic carbocycles. The minimum Gasteiger partial charge on any atom is -0.872 e. The van der Waals surface area contributed by atoms with Gasteiger partial charge in [0.15, 0.2) is 0 Å². The molecule has 0 saturated carbocycles. The Hall–Kier alpha value is -2.82. The van der Waals surface area contributed by atoms with E-state index in [0.717, 1.165) is 11.3 Å². The number of hydrazone groups is 1. The number of hydrogen-bond donors (Lipinski definition) is 2. The Bertz CT molecular complexity index is 631. The second-order valence-corrected chi connectivity index (χ2v) is 4.22. The third-order valence-corrected chi connectivity index (χ3v) is 2.76. The molecule has 2 aromatic carbocycles. The lowest BCUT2D eigenvalue weighted by Gasteiger charge is -2.07. The van der Waals surface area contributed by atoms with Crippen molar-refractivity contribution < 1.29 is 15.0 Å². The van der Waals surface area contributed by atoms with Crippen molar-refractivity contribution in [3.63, 3.8) is 0 Å². The molecule has 0 unspecified atom stereocenters. The van der Waals surface area contributed by atoms with Crippen molar-refractivity contribution in [3.8, 4) is 5.75 Å². The minimum absolute atomic E-state index is 0.0428. The average Bonchev–Trinajstić information content (AvgIpc) is 2.46. The fraction of sp³-hybridized carbons (Fsp3) is 0.0667. The van der Waals surface area contributed by atoms with E-state index in [4.69, 9.17) is 5.11 Å². The Morgan fingerprint density at radius 1 is 1.05 bits per heavy atom. The van der Waals surface area contributed by atoms with Crippen LogP contribution in [0.4, 0.5) is 5.69 Å². The van der Waals surface area contributed by atoms with E-state index in [1.54, 1.807) is 24.3 Å². The molecule has 20 heavy (non-hydrogen) atoms. The van der Waals surface area contributed by atoms with Crippen molar-refractivity contribution in [1.82, 2.24) is 0 Å². The molecule has 0 heterocycles. The van der Waals surface area contributed by atoms with Crippen molar-refractivity contribution >= 4 is 17.4 Å². The maximum Gasteiger partial charge on any atom is 0.335 e. The number of anilines is 1. The SMILES string of the molecule is C/C(=N\Nc1ccc(C(=O)O)cc1)c1ccc([O-])cc1. The summed E-state index contributed by atoms with van der Waals surface area (Å²) in [6.45, 7) is 1.82. The van der Waals surface area contributed by atoms with Gasteiger partial charge >= 0.3 is 5.97 Å². The summed E-state index contributed by atoms with van der Waals surface area (Å²) in [5, 5.41) is 24.0. The predicted octanol–water partition coefficient (Wildman–Crippen LogP) is 2.29. The summed E-state index contributed by atoms with van der Waals surface area (Å²) in [4.78, 5) is 10.7. The molecule has 2 aromatic rings. The van der Waals surface area contributed by atoms with E-state index in [9.17, 15) is 9.90 Å². The first-order chi connectivity index (χ1) is 9.56. The number of carboxylic acid groups (broad SMARTS) is 1. The molecule has 0 aliphatic heterocycles. The fourth-order valence-corrected chi connectivity index (χ4v) is 1.60. The number of carbonyl (C=O) groups is 1. The van der Waals surface area contributed by atoms with Crippen LogP contribution < -0.4 is 10.5 Å². The summed E-state index contributed by atoms with van der Waals surface area (Å²) < 4.78 is 0. The van der Waals surface area contributed by atoms with E-state index < -0.39 is 5.97 Å². The standard InChI is InChI=1S/C15H14N2O3/c1-10(11-4-8-14(18)9-5-11)16-17-13-6-2-12(3-7-13)15(19)20/h2-9,17-18H,1H3,(H,19,20)/p-1/b16-10+. The molecule has 102 valence electrons. The Kier molecular flexibility index (Phi) is 4.00. The number of nitrogens with zero attached hydrogens (tertiary/aromatic N) is 1. The summed E-state index contributed by atoms with van der Waals surface area (Å²) in [5.74, 6) is -1.01. The highest BCUT2D eigenvalue weighted by molar-refractivity contribution is 5.99. The molecule has 0 amide bonds. The van der Waals surface area contributed by atoms with Crippen molar-refractivity contribution in [2.75, 3.05) is 5.43 Å². The van der Waals surface area contributed by atoms with Crippen molar-refractivity contribution in [2.45, 2.75) is 6.92 Å². The van der Waals surface area contributed by atoms with Gasteiger partial charge in [-0.2, -0.15) is 5.10 Å². The highest BCUT2D eigenvalue weighted by Gasteiger charge is 2.01. The van der Waals surface area contributed by atoms with Crippen LogP contribution in [0, 0.1) is 0 Å². The monoisotopic (exact) mass is 269 g/mol. The number of rotatable bonds is 4. The maximum absolute atomic E-state index is 11.0. The molecule has 0 fully saturated rings. The number of hydrogen-bond acceptors (Lipinski definition) is 4. The smallest absolute Gasteiger partial charge is 0.335 e. The molecule has 0 radical (unpaired) electrons. The number of nitrogens with one attached hydrogen (secondary N) is 1. The van der Waals surface area contributed by atoms with Gasteiger partial charge < -0.3 is 10.2 Å². The molecule has 0 aliphatic rings.